The maximum Gasteiger partial charge on any atom is 0.0956 e. The van der Waals surface area contributed by atoms with Crippen molar-refractivity contribution in [2.75, 3.05) is 6.54 Å². The van der Waals surface area contributed by atoms with Crippen LogP contribution in [-0.4, -0.2) is 16.1 Å². The van der Waals surface area contributed by atoms with Crippen LogP contribution in [-0.2, 0) is 6.54 Å². The second-order valence-corrected chi connectivity index (χ2v) is 5.70. The van der Waals surface area contributed by atoms with Crippen molar-refractivity contribution in [2.24, 2.45) is 5.73 Å². The Morgan fingerprint density at radius 3 is 2.39 bits per heavy atom. The van der Waals surface area contributed by atoms with Gasteiger partial charge in [0.25, 0.3) is 0 Å². The van der Waals surface area contributed by atoms with E-state index in [-0.39, 0.29) is 24.8 Å². The molecule has 2 aromatic rings. The molecule has 2 N–H and O–H groups in total. The third-order valence-electron chi connectivity index (χ3n) is 4.11. The Morgan fingerprint density at radius 1 is 1.09 bits per heavy atom. The highest BCUT2D eigenvalue weighted by Gasteiger charge is 2.17. The summed E-state index contributed by atoms with van der Waals surface area (Å²) in [6.07, 6.45) is 6.61. The average molecular weight is 358 g/mol. The highest BCUT2D eigenvalue weighted by molar-refractivity contribution is 5.85. The lowest BCUT2D eigenvalue weighted by atomic mass is 9.99. The Morgan fingerprint density at radius 2 is 1.78 bits per heavy atom. The molecule has 0 bridgehead atoms. The molecule has 1 aromatic heterocycles. The minimum absolute atomic E-state index is 0. The first kappa shape index (κ1) is 22.0. The van der Waals surface area contributed by atoms with Crippen LogP contribution in [0.4, 0.5) is 0 Å². The van der Waals surface area contributed by atoms with Crippen molar-refractivity contribution < 1.29 is 0 Å². The van der Waals surface area contributed by atoms with Gasteiger partial charge in [-0.05, 0) is 31.7 Å². The summed E-state index contributed by atoms with van der Waals surface area (Å²) in [7, 11) is 0. The lowest BCUT2D eigenvalue weighted by Crippen LogP contribution is -2.07. The molecule has 130 valence electrons. The Balaban J connectivity index is 0.00000242. The molecule has 1 aromatic carbocycles. The van der Waals surface area contributed by atoms with Gasteiger partial charge in [-0.25, -0.2) is 4.98 Å². The number of hydrogen-bond acceptors (Lipinski definition) is 2. The maximum atomic E-state index is 5.57. The zero-order chi connectivity index (χ0) is 15.1. The minimum Gasteiger partial charge on any atom is -0.334 e. The molecule has 0 fully saturated rings. The molecule has 0 aliphatic heterocycles. The van der Waals surface area contributed by atoms with Gasteiger partial charge in [0.2, 0.25) is 0 Å². The lowest BCUT2D eigenvalue weighted by Gasteiger charge is -2.15. The summed E-state index contributed by atoms with van der Waals surface area (Å²) in [5.41, 5.74) is 9.30. The number of hydrogen-bond donors (Lipinski definition) is 1. The monoisotopic (exact) mass is 357 g/mol. The van der Waals surface area contributed by atoms with Gasteiger partial charge in [0.05, 0.1) is 12.0 Å². The van der Waals surface area contributed by atoms with Crippen molar-refractivity contribution in [1.82, 2.24) is 9.55 Å². The summed E-state index contributed by atoms with van der Waals surface area (Å²) >= 11 is 0. The van der Waals surface area contributed by atoms with E-state index in [2.05, 4.69) is 48.7 Å². The molecular weight excluding hydrogens is 329 g/mol. The number of imidazole rings is 1. The van der Waals surface area contributed by atoms with E-state index in [4.69, 9.17) is 10.7 Å². The number of aryl methyl sites for hydroxylation is 1. The molecule has 1 atom stereocenters. The fraction of sp³-hybridized carbons (Fsp3) is 0.500. The molecule has 0 saturated heterocycles. The number of halogens is 2. The van der Waals surface area contributed by atoms with Gasteiger partial charge in [-0.1, -0.05) is 50.6 Å². The summed E-state index contributed by atoms with van der Waals surface area (Å²) in [6.45, 7) is 6.36. The molecule has 23 heavy (non-hydrogen) atoms. The Bertz CT molecular complexity index is 540. The van der Waals surface area contributed by atoms with E-state index in [1.807, 2.05) is 6.33 Å². The number of aromatic nitrogens is 2. The predicted octanol–water partition coefficient (Wildman–Crippen LogP) is 5.04. The van der Waals surface area contributed by atoms with Gasteiger partial charge in [0.1, 0.15) is 0 Å². The number of unbranched alkanes of at least 4 members (excludes halogenated alkanes) is 2. The van der Waals surface area contributed by atoms with Gasteiger partial charge in [-0.3, -0.25) is 0 Å². The second kappa shape index (κ2) is 11.5. The van der Waals surface area contributed by atoms with Crippen LogP contribution in [0.15, 0.2) is 36.7 Å². The van der Waals surface area contributed by atoms with Gasteiger partial charge in [-0.2, -0.15) is 0 Å². The predicted molar refractivity (Wildman–Crippen MR) is 104 cm³/mol. The SMILES string of the molecule is CCC(C)c1c(-c2ccccc2)ncn1CCCCCN.Cl.Cl. The van der Waals surface area contributed by atoms with Crippen LogP contribution in [0, 0.1) is 0 Å². The van der Waals surface area contributed by atoms with Crippen LogP contribution in [0.5, 0.6) is 0 Å². The van der Waals surface area contributed by atoms with E-state index in [1.54, 1.807) is 0 Å². The smallest absolute Gasteiger partial charge is 0.0956 e. The second-order valence-electron chi connectivity index (χ2n) is 5.70. The third kappa shape index (κ3) is 5.83. The van der Waals surface area contributed by atoms with E-state index in [0.29, 0.717) is 5.92 Å². The average Bonchev–Trinajstić information content (AvgIpc) is 2.95. The first-order valence-corrected chi connectivity index (χ1v) is 8.08. The van der Waals surface area contributed by atoms with Crippen molar-refractivity contribution in [3.63, 3.8) is 0 Å². The zero-order valence-corrected chi connectivity index (χ0v) is 15.7. The molecule has 1 heterocycles. The van der Waals surface area contributed by atoms with Gasteiger partial charge in [0.15, 0.2) is 0 Å². The summed E-state index contributed by atoms with van der Waals surface area (Å²) in [5, 5.41) is 0. The van der Waals surface area contributed by atoms with Gasteiger partial charge >= 0.3 is 0 Å². The topological polar surface area (TPSA) is 43.8 Å². The van der Waals surface area contributed by atoms with Gasteiger partial charge < -0.3 is 10.3 Å². The molecule has 1 unspecified atom stereocenters. The molecule has 0 aliphatic rings. The van der Waals surface area contributed by atoms with Crippen LogP contribution in [0.2, 0.25) is 0 Å². The molecule has 5 heteroatoms. The van der Waals surface area contributed by atoms with Crippen molar-refractivity contribution in [2.45, 2.75) is 52.0 Å². The van der Waals surface area contributed by atoms with Crippen LogP contribution in [0.1, 0.15) is 51.1 Å². The van der Waals surface area contributed by atoms with E-state index in [9.17, 15) is 0 Å². The zero-order valence-electron chi connectivity index (χ0n) is 14.1. The number of nitrogens with zero attached hydrogens (tertiary/aromatic N) is 2. The van der Waals surface area contributed by atoms with Crippen LogP contribution < -0.4 is 5.73 Å². The van der Waals surface area contributed by atoms with Crippen LogP contribution >= 0.6 is 24.8 Å². The van der Waals surface area contributed by atoms with Crippen molar-refractivity contribution in [3.8, 4) is 11.3 Å². The van der Waals surface area contributed by atoms with Crippen LogP contribution in [0.3, 0.4) is 0 Å². The number of rotatable bonds is 8. The molecule has 0 radical (unpaired) electrons. The Labute approximate surface area is 152 Å². The van der Waals surface area contributed by atoms with E-state index < -0.39 is 0 Å². The first-order chi connectivity index (χ1) is 10.3. The molecule has 0 spiro atoms. The molecule has 3 nitrogen and oxygen atoms in total. The van der Waals surface area contributed by atoms with Crippen LogP contribution in [0.25, 0.3) is 11.3 Å². The fourth-order valence-corrected chi connectivity index (χ4v) is 2.70. The van der Waals surface area contributed by atoms with Gasteiger partial charge in [0, 0.05) is 17.8 Å². The summed E-state index contributed by atoms with van der Waals surface area (Å²) in [4.78, 5) is 4.69. The quantitative estimate of drug-likeness (QED) is 0.672. The van der Waals surface area contributed by atoms with E-state index in [0.717, 1.165) is 31.6 Å². The maximum absolute atomic E-state index is 5.57. The summed E-state index contributed by atoms with van der Waals surface area (Å²) in [5.74, 6) is 0.525. The molecular formula is C18H29Cl2N3. The minimum atomic E-state index is 0. The highest BCUT2D eigenvalue weighted by Crippen LogP contribution is 2.30. The first-order valence-electron chi connectivity index (χ1n) is 8.08. The molecule has 0 amide bonds. The normalized spacial score (nSPS) is 11.4. The number of benzene rings is 1. The summed E-state index contributed by atoms with van der Waals surface area (Å²) < 4.78 is 2.34. The Kier molecular flexibility index (Phi) is 11.0. The summed E-state index contributed by atoms with van der Waals surface area (Å²) in [6, 6.07) is 10.5. The molecule has 0 saturated carbocycles. The number of nitrogens with two attached hydrogens (primary N) is 1. The van der Waals surface area contributed by atoms with Crippen molar-refractivity contribution in [1.29, 1.82) is 0 Å². The van der Waals surface area contributed by atoms with E-state index in [1.165, 1.54) is 24.1 Å². The van der Waals surface area contributed by atoms with Gasteiger partial charge in [-0.15, -0.1) is 24.8 Å². The lowest BCUT2D eigenvalue weighted by molar-refractivity contribution is 0.553. The molecule has 0 aliphatic carbocycles. The van der Waals surface area contributed by atoms with Crippen molar-refractivity contribution in [3.05, 3.63) is 42.4 Å². The fourth-order valence-electron chi connectivity index (χ4n) is 2.70. The van der Waals surface area contributed by atoms with E-state index >= 15 is 0 Å². The Hall–Kier alpha value is -1.03. The standard InChI is InChI=1S/C18H27N3.2ClH/c1-3-15(2)18-17(16-10-6-4-7-11-16)20-14-21(18)13-9-5-8-12-19;;/h4,6-7,10-11,14-15H,3,5,8-9,12-13,19H2,1-2H3;2*1H. The highest BCUT2D eigenvalue weighted by atomic mass is 35.5. The molecule has 2 rings (SSSR count). The largest absolute Gasteiger partial charge is 0.334 e. The van der Waals surface area contributed by atoms with Crippen molar-refractivity contribution >= 4 is 24.8 Å². The third-order valence-corrected chi connectivity index (χ3v) is 4.11.